The van der Waals surface area contributed by atoms with E-state index in [4.69, 9.17) is 22.1 Å². The maximum atomic E-state index is 11.7. The summed E-state index contributed by atoms with van der Waals surface area (Å²) in [5, 5.41) is 14.2. The molecule has 0 spiro atoms. The Morgan fingerprint density at radius 3 is 2.52 bits per heavy atom. The molecule has 0 saturated heterocycles. The van der Waals surface area contributed by atoms with Crippen LogP contribution in [0.1, 0.15) is 10.4 Å². The molecule has 0 aromatic heterocycles. The number of carbonyl (C=O) groups excluding carboxylic acids is 1. The highest BCUT2D eigenvalue weighted by Crippen LogP contribution is 2.10. The molecular weight excluding hydrogens is 316 g/mol. The van der Waals surface area contributed by atoms with Crippen LogP contribution in [0.25, 0.3) is 0 Å². The maximum absolute atomic E-state index is 11.7. The Labute approximate surface area is 138 Å². The molecule has 6 nitrogen and oxygen atoms in total. The molecule has 0 heterocycles. The zero-order valence-electron chi connectivity index (χ0n) is 12.0. The summed E-state index contributed by atoms with van der Waals surface area (Å²) in [5.74, 6) is -0.878. The minimum atomic E-state index is -1.04. The molecule has 0 radical (unpaired) electrons. The van der Waals surface area contributed by atoms with Gasteiger partial charge in [0.15, 0.2) is 11.7 Å². The van der Waals surface area contributed by atoms with Gasteiger partial charge in [-0.15, -0.1) is 0 Å². The molecular formula is C16H14N2O4S. The second-order valence-corrected chi connectivity index (χ2v) is 4.90. The quantitative estimate of drug-likeness (QED) is 0.729. The molecule has 0 saturated carbocycles. The second kappa shape index (κ2) is 7.90. The van der Waals surface area contributed by atoms with Gasteiger partial charge in [0.1, 0.15) is 5.75 Å². The fourth-order valence-corrected chi connectivity index (χ4v) is 1.95. The SMILES string of the molecule is O=C(COc1ccccc1)NC(=S)Nc1cccc(C(=O)O)c1. The summed E-state index contributed by atoms with van der Waals surface area (Å²) in [4.78, 5) is 22.6. The lowest BCUT2D eigenvalue weighted by Crippen LogP contribution is -2.37. The van der Waals surface area contributed by atoms with Crippen LogP contribution in [0.5, 0.6) is 5.75 Å². The minimum absolute atomic E-state index is 0.0641. The minimum Gasteiger partial charge on any atom is -0.484 e. The number of hydrogen-bond donors (Lipinski definition) is 3. The largest absolute Gasteiger partial charge is 0.484 e. The number of para-hydroxylation sites is 1. The van der Waals surface area contributed by atoms with Gasteiger partial charge in [-0.1, -0.05) is 24.3 Å². The van der Waals surface area contributed by atoms with E-state index in [0.29, 0.717) is 11.4 Å². The number of ether oxygens (including phenoxy) is 1. The number of hydrogen-bond acceptors (Lipinski definition) is 4. The van der Waals surface area contributed by atoms with Crippen molar-refractivity contribution in [2.45, 2.75) is 0 Å². The first-order chi connectivity index (χ1) is 11.0. The molecule has 0 bridgehead atoms. The van der Waals surface area contributed by atoms with E-state index in [-0.39, 0.29) is 17.3 Å². The third-order valence-corrected chi connectivity index (χ3v) is 2.94. The van der Waals surface area contributed by atoms with Crippen LogP contribution in [0.15, 0.2) is 54.6 Å². The Morgan fingerprint density at radius 1 is 1.09 bits per heavy atom. The molecule has 0 aliphatic heterocycles. The first-order valence-corrected chi connectivity index (χ1v) is 7.07. The van der Waals surface area contributed by atoms with Gasteiger partial charge >= 0.3 is 5.97 Å². The van der Waals surface area contributed by atoms with Gasteiger partial charge < -0.3 is 15.2 Å². The summed E-state index contributed by atoms with van der Waals surface area (Å²) >= 11 is 5.01. The van der Waals surface area contributed by atoms with E-state index in [1.54, 1.807) is 36.4 Å². The van der Waals surface area contributed by atoms with Crippen molar-refractivity contribution in [3.05, 3.63) is 60.2 Å². The predicted molar refractivity (Wildman–Crippen MR) is 89.7 cm³/mol. The van der Waals surface area contributed by atoms with Crippen molar-refractivity contribution in [1.29, 1.82) is 0 Å². The first kappa shape index (κ1) is 16.4. The normalized spacial score (nSPS) is 9.74. The topological polar surface area (TPSA) is 87.7 Å². The van der Waals surface area contributed by atoms with Gasteiger partial charge in [-0.2, -0.15) is 0 Å². The molecule has 0 aliphatic rings. The highest BCUT2D eigenvalue weighted by molar-refractivity contribution is 7.80. The van der Waals surface area contributed by atoms with Crippen molar-refractivity contribution in [2.24, 2.45) is 0 Å². The number of carboxylic acid groups (broad SMARTS) is 1. The van der Waals surface area contributed by atoms with Crippen molar-refractivity contribution in [3.63, 3.8) is 0 Å². The number of benzene rings is 2. The molecule has 0 aliphatic carbocycles. The van der Waals surface area contributed by atoms with Crippen LogP contribution in [-0.2, 0) is 4.79 Å². The zero-order valence-corrected chi connectivity index (χ0v) is 12.8. The molecule has 7 heteroatoms. The van der Waals surface area contributed by atoms with Gasteiger partial charge in [-0.25, -0.2) is 4.79 Å². The van der Waals surface area contributed by atoms with Crippen LogP contribution in [-0.4, -0.2) is 28.7 Å². The summed E-state index contributed by atoms with van der Waals surface area (Å²) in [6.07, 6.45) is 0. The fourth-order valence-electron chi connectivity index (χ4n) is 1.72. The smallest absolute Gasteiger partial charge is 0.335 e. The lowest BCUT2D eigenvalue weighted by molar-refractivity contribution is -0.121. The summed E-state index contributed by atoms with van der Waals surface area (Å²) in [6, 6.07) is 15.0. The Kier molecular flexibility index (Phi) is 5.65. The summed E-state index contributed by atoms with van der Waals surface area (Å²) in [5.41, 5.74) is 0.593. The average molecular weight is 330 g/mol. The summed E-state index contributed by atoms with van der Waals surface area (Å²) in [6.45, 7) is -0.180. The van der Waals surface area contributed by atoms with Crippen molar-refractivity contribution >= 4 is 34.9 Å². The van der Waals surface area contributed by atoms with E-state index in [9.17, 15) is 9.59 Å². The molecule has 3 N–H and O–H groups in total. The highest BCUT2D eigenvalue weighted by atomic mass is 32.1. The number of nitrogens with one attached hydrogen (secondary N) is 2. The number of anilines is 1. The summed E-state index contributed by atoms with van der Waals surface area (Å²) in [7, 11) is 0. The number of carbonyl (C=O) groups is 2. The molecule has 2 aromatic carbocycles. The van der Waals surface area contributed by atoms with E-state index < -0.39 is 11.9 Å². The van der Waals surface area contributed by atoms with E-state index >= 15 is 0 Å². The fraction of sp³-hybridized carbons (Fsp3) is 0.0625. The number of rotatable bonds is 5. The van der Waals surface area contributed by atoms with Gasteiger partial charge in [-0.3, -0.25) is 10.1 Å². The Morgan fingerprint density at radius 2 is 1.83 bits per heavy atom. The second-order valence-electron chi connectivity index (χ2n) is 4.49. The van der Waals surface area contributed by atoms with Crippen LogP contribution >= 0.6 is 12.2 Å². The van der Waals surface area contributed by atoms with Crippen molar-refractivity contribution < 1.29 is 19.4 Å². The molecule has 1 amide bonds. The van der Waals surface area contributed by atoms with E-state index in [1.165, 1.54) is 12.1 Å². The zero-order chi connectivity index (χ0) is 16.7. The maximum Gasteiger partial charge on any atom is 0.335 e. The number of carboxylic acids is 1. The Balaban J connectivity index is 1.83. The van der Waals surface area contributed by atoms with Crippen LogP contribution in [0, 0.1) is 0 Å². The van der Waals surface area contributed by atoms with Crippen LogP contribution < -0.4 is 15.4 Å². The van der Waals surface area contributed by atoms with Crippen molar-refractivity contribution in [1.82, 2.24) is 5.32 Å². The van der Waals surface area contributed by atoms with E-state index in [2.05, 4.69) is 10.6 Å². The lowest BCUT2D eigenvalue weighted by atomic mass is 10.2. The van der Waals surface area contributed by atoms with Crippen molar-refractivity contribution in [2.75, 3.05) is 11.9 Å². The molecule has 0 unspecified atom stereocenters. The van der Waals surface area contributed by atoms with Gasteiger partial charge in [0.05, 0.1) is 5.56 Å². The molecule has 23 heavy (non-hydrogen) atoms. The average Bonchev–Trinajstić information content (AvgIpc) is 2.54. The molecule has 2 rings (SSSR count). The first-order valence-electron chi connectivity index (χ1n) is 6.66. The van der Waals surface area contributed by atoms with E-state index in [1.807, 2.05) is 6.07 Å². The van der Waals surface area contributed by atoms with Crippen LogP contribution in [0.2, 0.25) is 0 Å². The number of aromatic carboxylic acids is 1. The number of amides is 1. The van der Waals surface area contributed by atoms with Gasteiger partial charge in [0.25, 0.3) is 5.91 Å². The highest BCUT2D eigenvalue weighted by Gasteiger charge is 2.07. The van der Waals surface area contributed by atoms with Crippen LogP contribution in [0.3, 0.4) is 0 Å². The van der Waals surface area contributed by atoms with E-state index in [0.717, 1.165) is 0 Å². The lowest BCUT2D eigenvalue weighted by Gasteiger charge is -2.10. The Hall–Kier alpha value is -2.93. The van der Waals surface area contributed by atoms with Gasteiger partial charge in [-0.05, 0) is 42.5 Å². The summed E-state index contributed by atoms with van der Waals surface area (Å²) < 4.78 is 5.29. The predicted octanol–water partition coefficient (Wildman–Crippen LogP) is 2.28. The molecule has 0 atom stereocenters. The monoisotopic (exact) mass is 330 g/mol. The molecule has 2 aromatic rings. The third-order valence-electron chi connectivity index (χ3n) is 2.73. The number of thiocarbonyl (C=S) groups is 1. The molecule has 118 valence electrons. The Bertz CT molecular complexity index is 719. The molecule has 0 fully saturated rings. The van der Waals surface area contributed by atoms with Gasteiger partial charge in [0.2, 0.25) is 0 Å². The van der Waals surface area contributed by atoms with Crippen molar-refractivity contribution in [3.8, 4) is 5.75 Å². The van der Waals surface area contributed by atoms with Gasteiger partial charge in [0, 0.05) is 5.69 Å². The third kappa shape index (κ3) is 5.40. The van der Waals surface area contributed by atoms with Crippen LogP contribution in [0.4, 0.5) is 5.69 Å². The standard InChI is InChI=1S/C16H14N2O4S/c19-14(10-22-13-7-2-1-3-8-13)18-16(23)17-12-6-4-5-11(9-12)15(20)21/h1-9H,10H2,(H,20,21)(H2,17,18,19,23).